The van der Waals surface area contributed by atoms with Gasteiger partial charge in [0.15, 0.2) is 17.3 Å². The first kappa shape index (κ1) is 13.4. The highest BCUT2D eigenvalue weighted by molar-refractivity contribution is 5.96. The van der Waals surface area contributed by atoms with Crippen molar-refractivity contribution in [2.24, 2.45) is 0 Å². The molecule has 108 valence electrons. The first-order chi connectivity index (χ1) is 9.83. The molecule has 1 saturated heterocycles. The molecule has 0 aromatic heterocycles. The van der Waals surface area contributed by atoms with Crippen molar-refractivity contribution in [3.8, 4) is 11.5 Å². The van der Waals surface area contributed by atoms with Gasteiger partial charge in [-0.25, -0.2) is 0 Å². The normalized spacial score (nSPS) is 18.2. The van der Waals surface area contributed by atoms with Crippen LogP contribution in [0.25, 0.3) is 0 Å². The molecule has 0 N–H and O–H groups in total. The van der Waals surface area contributed by atoms with Gasteiger partial charge in [0.2, 0.25) is 0 Å². The highest BCUT2D eigenvalue weighted by Crippen LogP contribution is 2.31. The fraction of sp³-hybridized carbons (Fsp3) is 0.562. The Morgan fingerprint density at radius 2 is 1.85 bits per heavy atom. The molecule has 0 saturated carbocycles. The number of Topliss-reactive ketones (excluding diaryl/α,β-unsaturated/α-hetero) is 1. The second-order valence-corrected chi connectivity index (χ2v) is 5.43. The lowest BCUT2D eigenvalue weighted by Gasteiger charge is -2.18. The van der Waals surface area contributed by atoms with Gasteiger partial charge >= 0.3 is 0 Å². The van der Waals surface area contributed by atoms with Crippen LogP contribution in [0, 0.1) is 0 Å². The predicted octanol–water partition coefficient (Wildman–Crippen LogP) is 2.52. The van der Waals surface area contributed by atoms with E-state index in [4.69, 9.17) is 9.47 Å². The summed E-state index contributed by atoms with van der Waals surface area (Å²) in [5.74, 6) is 1.63. The maximum Gasteiger partial charge on any atom is 0.163 e. The lowest BCUT2D eigenvalue weighted by Crippen LogP contribution is -2.21. The van der Waals surface area contributed by atoms with E-state index in [1.807, 2.05) is 18.2 Å². The van der Waals surface area contributed by atoms with E-state index in [1.165, 1.54) is 25.9 Å². The highest BCUT2D eigenvalue weighted by atomic mass is 16.6. The van der Waals surface area contributed by atoms with Gasteiger partial charge in [-0.05, 0) is 57.1 Å². The molecule has 0 amide bonds. The molecule has 2 aliphatic rings. The van der Waals surface area contributed by atoms with Crippen molar-refractivity contribution >= 4 is 5.78 Å². The Balaban J connectivity index is 1.53. The second kappa shape index (κ2) is 6.27. The van der Waals surface area contributed by atoms with E-state index in [2.05, 4.69) is 4.90 Å². The van der Waals surface area contributed by atoms with Crippen LogP contribution >= 0.6 is 0 Å². The van der Waals surface area contributed by atoms with Crippen molar-refractivity contribution in [1.29, 1.82) is 0 Å². The van der Waals surface area contributed by atoms with Crippen LogP contribution in [0.5, 0.6) is 11.5 Å². The summed E-state index contributed by atoms with van der Waals surface area (Å²) in [6.45, 7) is 4.56. The number of hydrogen-bond donors (Lipinski definition) is 0. The number of fused-ring (bicyclic) bond motifs is 1. The summed E-state index contributed by atoms with van der Waals surface area (Å²) in [6.07, 6.45) is 4.15. The first-order valence-corrected chi connectivity index (χ1v) is 7.48. The Bertz CT molecular complexity index is 481. The van der Waals surface area contributed by atoms with Crippen LogP contribution < -0.4 is 9.47 Å². The zero-order chi connectivity index (χ0) is 13.8. The fourth-order valence-corrected chi connectivity index (χ4v) is 2.83. The zero-order valence-corrected chi connectivity index (χ0v) is 11.8. The van der Waals surface area contributed by atoms with Gasteiger partial charge in [0.05, 0.1) is 0 Å². The smallest absolute Gasteiger partial charge is 0.163 e. The number of hydrogen-bond acceptors (Lipinski definition) is 4. The molecule has 1 aromatic rings. The van der Waals surface area contributed by atoms with E-state index in [9.17, 15) is 4.79 Å². The van der Waals surface area contributed by atoms with E-state index < -0.39 is 0 Å². The number of ketones is 1. The third-order valence-electron chi connectivity index (χ3n) is 3.94. The summed E-state index contributed by atoms with van der Waals surface area (Å²) in [7, 11) is 0. The lowest BCUT2D eigenvalue weighted by molar-refractivity contribution is 0.0975. The van der Waals surface area contributed by atoms with Crippen molar-refractivity contribution in [3.05, 3.63) is 23.8 Å². The maximum absolute atomic E-state index is 12.2. The summed E-state index contributed by atoms with van der Waals surface area (Å²) in [5, 5.41) is 0. The molecule has 0 bridgehead atoms. The molecule has 4 nitrogen and oxygen atoms in total. The molecule has 2 heterocycles. The second-order valence-electron chi connectivity index (χ2n) is 5.43. The molecule has 0 aliphatic carbocycles. The molecule has 0 atom stereocenters. The largest absolute Gasteiger partial charge is 0.486 e. The highest BCUT2D eigenvalue weighted by Gasteiger charge is 2.16. The van der Waals surface area contributed by atoms with Gasteiger partial charge in [0.1, 0.15) is 13.2 Å². The number of rotatable bonds is 5. The van der Waals surface area contributed by atoms with E-state index in [-0.39, 0.29) is 5.78 Å². The lowest BCUT2D eigenvalue weighted by atomic mass is 10.1. The van der Waals surface area contributed by atoms with Gasteiger partial charge in [-0.3, -0.25) is 4.79 Å². The minimum Gasteiger partial charge on any atom is -0.486 e. The van der Waals surface area contributed by atoms with E-state index in [0.717, 1.165) is 24.3 Å². The Morgan fingerprint density at radius 1 is 1.10 bits per heavy atom. The minimum absolute atomic E-state index is 0.196. The molecule has 20 heavy (non-hydrogen) atoms. The van der Waals surface area contributed by atoms with Crippen molar-refractivity contribution in [2.75, 3.05) is 32.8 Å². The van der Waals surface area contributed by atoms with Gasteiger partial charge in [0, 0.05) is 12.0 Å². The Morgan fingerprint density at radius 3 is 2.65 bits per heavy atom. The van der Waals surface area contributed by atoms with E-state index in [0.29, 0.717) is 25.4 Å². The number of carbonyl (C=O) groups is 1. The van der Waals surface area contributed by atoms with Crippen LogP contribution in [0.2, 0.25) is 0 Å². The zero-order valence-electron chi connectivity index (χ0n) is 11.8. The van der Waals surface area contributed by atoms with Crippen molar-refractivity contribution < 1.29 is 14.3 Å². The van der Waals surface area contributed by atoms with Crippen LogP contribution in [0.3, 0.4) is 0 Å². The number of carbonyl (C=O) groups excluding carboxylic acids is 1. The topological polar surface area (TPSA) is 38.8 Å². The molecule has 1 aromatic carbocycles. The maximum atomic E-state index is 12.2. The number of ether oxygens (including phenoxy) is 2. The average Bonchev–Trinajstić information content (AvgIpc) is 3.00. The molecule has 2 aliphatic heterocycles. The average molecular weight is 275 g/mol. The summed E-state index contributed by atoms with van der Waals surface area (Å²) < 4.78 is 11.0. The van der Waals surface area contributed by atoms with Gasteiger partial charge < -0.3 is 14.4 Å². The van der Waals surface area contributed by atoms with Crippen LogP contribution in [-0.4, -0.2) is 43.5 Å². The molecule has 0 radical (unpaired) electrons. The fourth-order valence-electron chi connectivity index (χ4n) is 2.83. The quantitative estimate of drug-likeness (QED) is 0.774. The molecule has 0 unspecified atom stereocenters. The SMILES string of the molecule is O=C(CCCN1CCCC1)c1ccc2c(c1)OCCO2. The Labute approximate surface area is 119 Å². The standard InChI is InChI=1S/C16H21NO3/c18-14(4-3-9-17-7-1-2-8-17)13-5-6-15-16(12-13)20-11-10-19-15/h5-6,12H,1-4,7-11H2. The molecule has 1 fully saturated rings. The van der Waals surface area contributed by atoms with Crippen LogP contribution in [0.4, 0.5) is 0 Å². The molecule has 4 heteroatoms. The summed E-state index contributed by atoms with van der Waals surface area (Å²) in [5.41, 5.74) is 0.732. The van der Waals surface area contributed by atoms with Crippen LogP contribution in [0.15, 0.2) is 18.2 Å². The van der Waals surface area contributed by atoms with Gasteiger partial charge in [-0.2, -0.15) is 0 Å². The summed E-state index contributed by atoms with van der Waals surface area (Å²) in [4.78, 5) is 14.6. The van der Waals surface area contributed by atoms with E-state index >= 15 is 0 Å². The first-order valence-electron chi connectivity index (χ1n) is 7.48. The molecular weight excluding hydrogens is 254 g/mol. The van der Waals surface area contributed by atoms with Gasteiger partial charge in [-0.1, -0.05) is 0 Å². The summed E-state index contributed by atoms with van der Waals surface area (Å²) >= 11 is 0. The number of benzene rings is 1. The Hall–Kier alpha value is -1.55. The van der Waals surface area contributed by atoms with Crippen molar-refractivity contribution in [1.82, 2.24) is 4.90 Å². The monoisotopic (exact) mass is 275 g/mol. The third kappa shape index (κ3) is 3.12. The predicted molar refractivity (Wildman–Crippen MR) is 76.7 cm³/mol. The van der Waals surface area contributed by atoms with E-state index in [1.54, 1.807) is 0 Å². The van der Waals surface area contributed by atoms with Gasteiger partial charge in [0.25, 0.3) is 0 Å². The molecule has 0 spiro atoms. The van der Waals surface area contributed by atoms with Gasteiger partial charge in [-0.15, -0.1) is 0 Å². The van der Waals surface area contributed by atoms with Crippen molar-refractivity contribution in [2.45, 2.75) is 25.7 Å². The minimum atomic E-state index is 0.196. The third-order valence-corrected chi connectivity index (χ3v) is 3.94. The summed E-state index contributed by atoms with van der Waals surface area (Å²) in [6, 6.07) is 5.49. The van der Waals surface area contributed by atoms with Crippen LogP contribution in [-0.2, 0) is 0 Å². The number of nitrogens with zero attached hydrogens (tertiary/aromatic N) is 1. The number of likely N-dealkylation sites (tertiary alicyclic amines) is 1. The Kier molecular flexibility index (Phi) is 4.21. The van der Waals surface area contributed by atoms with Crippen LogP contribution in [0.1, 0.15) is 36.0 Å². The van der Waals surface area contributed by atoms with Crippen molar-refractivity contribution in [3.63, 3.8) is 0 Å². The molecular formula is C16H21NO3. The molecule has 3 rings (SSSR count).